The lowest BCUT2D eigenvalue weighted by Gasteiger charge is -2.13. The average Bonchev–Trinajstić information content (AvgIpc) is 2.85. The van der Waals surface area contributed by atoms with Crippen LogP contribution >= 0.6 is 0 Å². The lowest BCUT2D eigenvalue weighted by molar-refractivity contribution is 0.450. The third-order valence-corrected chi connectivity index (χ3v) is 3.30. The number of hydrogen-bond acceptors (Lipinski definition) is 2. The summed E-state index contributed by atoms with van der Waals surface area (Å²) in [5.41, 5.74) is 1.25. The fourth-order valence-electron chi connectivity index (χ4n) is 2.17. The molecule has 1 aromatic heterocycles. The minimum absolute atomic E-state index is 0.591. The molecule has 106 valence electrons. The molecule has 0 saturated carbocycles. The van der Waals surface area contributed by atoms with Gasteiger partial charge in [-0.15, -0.1) is 0 Å². The smallest absolute Gasteiger partial charge is 0.105 e. The molecule has 2 aromatic rings. The number of nitrogens with one attached hydrogen (secondary N) is 1. The largest absolute Gasteiger partial charge is 0.335 e. The summed E-state index contributed by atoms with van der Waals surface area (Å²) in [6.45, 7) is 7.23. The number of benzene rings is 1. The zero-order valence-corrected chi connectivity index (χ0v) is 12.3. The van der Waals surface area contributed by atoms with Crippen LogP contribution in [0.5, 0.6) is 0 Å². The Morgan fingerprint density at radius 3 is 2.80 bits per heavy atom. The standard InChI is InChI=1S/C17H23N3/c1-15(14-20-12-11-19-16(20)2)13-18-10-6-9-17-7-4-3-5-8-17/h3-9,11-12,15,18H,10,13-14H2,1-2H3/b9-6+. The maximum absolute atomic E-state index is 4.24. The zero-order chi connectivity index (χ0) is 14.2. The minimum Gasteiger partial charge on any atom is -0.335 e. The van der Waals surface area contributed by atoms with Gasteiger partial charge in [-0.1, -0.05) is 49.4 Å². The van der Waals surface area contributed by atoms with Crippen LogP contribution in [0.25, 0.3) is 6.08 Å². The number of aryl methyl sites for hydroxylation is 1. The summed E-state index contributed by atoms with van der Waals surface area (Å²) in [6.07, 6.45) is 8.22. The third-order valence-electron chi connectivity index (χ3n) is 3.30. The quantitative estimate of drug-likeness (QED) is 0.783. The Hall–Kier alpha value is -1.87. The molecule has 0 saturated heterocycles. The lowest BCUT2D eigenvalue weighted by Crippen LogP contribution is -2.24. The van der Waals surface area contributed by atoms with Gasteiger partial charge in [0.25, 0.3) is 0 Å². The van der Waals surface area contributed by atoms with Gasteiger partial charge >= 0.3 is 0 Å². The molecular formula is C17H23N3. The molecule has 20 heavy (non-hydrogen) atoms. The van der Waals surface area contributed by atoms with Crippen molar-refractivity contribution in [1.82, 2.24) is 14.9 Å². The van der Waals surface area contributed by atoms with Crippen LogP contribution in [0.1, 0.15) is 18.3 Å². The maximum Gasteiger partial charge on any atom is 0.105 e. The summed E-state index contributed by atoms with van der Waals surface area (Å²) in [5, 5.41) is 3.47. The molecule has 0 fully saturated rings. The molecule has 0 amide bonds. The summed E-state index contributed by atoms with van der Waals surface area (Å²) >= 11 is 0. The Morgan fingerprint density at radius 1 is 1.30 bits per heavy atom. The first-order valence-corrected chi connectivity index (χ1v) is 7.16. The van der Waals surface area contributed by atoms with E-state index in [1.165, 1.54) is 5.56 Å². The normalized spacial score (nSPS) is 12.9. The van der Waals surface area contributed by atoms with E-state index >= 15 is 0 Å². The Bertz CT molecular complexity index is 528. The van der Waals surface area contributed by atoms with Crippen molar-refractivity contribution >= 4 is 6.08 Å². The van der Waals surface area contributed by atoms with E-state index in [1.54, 1.807) is 0 Å². The lowest BCUT2D eigenvalue weighted by atomic mass is 10.2. The van der Waals surface area contributed by atoms with Crippen molar-refractivity contribution < 1.29 is 0 Å². The molecule has 0 aliphatic rings. The number of imidazole rings is 1. The van der Waals surface area contributed by atoms with Gasteiger partial charge in [0, 0.05) is 25.5 Å². The zero-order valence-electron chi connectivity index (χ0n) is 12.3. The Balaban J connectivity index is 1.66. The van der Waals surface area contributed by atoms with E-state index in [9.17, 15) is 0 Å². The Kier molecular flexibility index (Phi) is 5.56. The first-order valence-electron chi connectivity index (χ1n) is 7.16. The third kappa shape index (κ3) is 4.67. The van der Waals surface area contributed by atoms with Gasteiger partial charge in [0.05, 0.1) is 0 Å². The molecule has 1 N–H and O–H groups in total. The molecule has 0 aliphatic heterocycles. The van der Waals surface area contributed by atoms with E-state index in [4.69, 9.17) is 0 Å². The average molecular weight is 269 g/mol. The topological polar surface area (TPSA) is 29.9 Å². The van der Waals surface area contributed by atoms with E-state index in [0.717, 1.165) is 25.5 Å². The summed E-state index contributed by atoms with van der Waals surface area (Å²) < 4.78 is 2.20. The fourth-order valence-corrected chi connectivity index (χ4v) is 2.17. The summed E-state index contributed by atoms with van der Waals surface area (Å²) in [7, 11) is 0. The molecule has 0 spiro atoms. The number of nitrogens with zero attached hydrogens (tertiary/aromatic N) is 2. The van der Waals surface area contributed by atoms with Gasteiger partial charge in [-0.25, -0.2) is 4.98 Å². The van der Waals surface area contributed by atoms with Crippen LogP contribution in [0, 0.1) is 12.8 Å². The van der Waals surface area contributed by atoms with Gasteiger partial charge in [-0.2, -0.15) is 0 Å². The van der Waals surface area contributed by atoms with E-state index in [-0.39, 0.29) is 0 Å². The molecular weight excluding hydrogens is 246 g/mol. The highest BCUT2D eigenvalue weighted by Gasteiger charge is 2.03. The molecule has 0 aliphatic carbocycles. The monoisotopic (exact) mass is 269 g/mol. The number of aromatic nitrogens is 2. The summed E-state index contributed by atoms with van der Waals surface area (Å²) in [4.78, 5) is 4.24. The van der Waals surface area contributed by atoms with Crippen molar-refractivity contribution in [3.8, 4) is 0 Å². The van der Waals surface area contributed by atoms with Gasteiger partial charge < -0.3 is 9.88 Å². The molecule has 1 unspecified atom stereocenters. The van der Waals surface area contributed by atoms with Crippen molar-refractivity contribution in [3.63, 3.8) is 0 Å². The van der Waals surface area contributed by atoms with Gasteiger partial charge in [0.2, 0.25) is 0 Å². The highest BCUT2D eigenvalue weighted by molar-refractivity contribution is 5.48. The fraction of sp³-hybridized carbons (Fsp3) is 0.353. The first-order chi connectivity index (χ1) is 9.75. The van der Waals surface area contributed by atoms with E-state index < -0.39 is 0 Å². The van der Waals surface area contributed by atoms with Crippen molar-refractivity contribution in [1.29, 1.82) is 0 Å². The van der Waals surface area contributed by atoms with Crippen LogP contribution < -0.4 is 5.32 Å². The molecule has 3 heteroatoms. The Morgan fingerprint density at radius 2 is 2.10 bits per heavy atom. The summed E-state index contributed by atoms with van der Waals surface area (Å²) in [5.74, 6) is 1.67. The molecule has 1 heterocycles. The molecule has 1 aromatic carbocycles. The van der Waals surface area contributed by atoms with Gasteiger partial charge in [0.1, 0.15) is 5.82 Å². The summed E-state index contributed by atoms with van der Waals surface area (Å²) in [6, 6.07) is 10.4. The SMILES string of the molecule is Cc1nccn1CC(C)CNC/C=C/c1ccccc1. The highest BCUT2D eigenvalue weighted by atomic mass is 15.1. The molecule has 3 nitrogen and oxygen atoms in total. The van der Waals surface area contributed by atoms with Crippen molar-refractivity contribution in [2.24, 2.45) is 5.92 Å². The molecule has 0 radical (unpaired) electrons. The van der Waals surface area contributed by atoms with Crippen molar-refractivity contribution in [3.05, 3.63) is 60.2 Å². The number of hydrogen-bond donors (Lipinski definition) is 1. The maximum atomic E-state index is 4.24. The molecule has 2 rings (SSSR count). The van der Waals surface area contributed by atoms with Crippen LogP contribution in [0.15, 0.2) is 48.8 Å². The second-order valence-electron chi connectivity index (χ2n) is 5.20. The molecule has 1 atom stereocenters. The Labute approximate surface area is 121 Å². The van der Waals surface area contributed by atoms with Gasteiger partial charge in [0.15, 0.2) is 0 Å². The highest BCUT2D eigenvalue weighted by Crippen LogP contribution is 2.03. The van der Waals surface area contributed by atoms with Crippen LogP contribution in [-0.4, -0.2) is 22.6 Å². The van der Waals surface area contributed by atoms with Crippen LogP contribution in [0.3, 0.4) is 0 Å². The predicted octanol–water partition coefficient (Wildman–Crippen LogP) is 3.13. The van der Waals surface area contributed by atoms with Crippen molar-refractivity contribution in [2.75, 3.05) is 13.1 Å². The minimum atomic E-state index is 0.591. The van der Waals surface area contributed by atoms with E-state index in [1.807, 2.05) is 25.4 Å². The van der Waals surface area contributed by atoms with E-state index in [0.29, 0.717) is 5.92 Å². The second kappa shape index (κ2) is 7.65. The van der Waals surface area contributed by atoms with Gasteiger partial charge in [-0.05, 0) is 24.9 Å². The number of rotatable bonds is 7. The van der Waals surface area contributed by atoms with E-state index in [2.05, 4.69) is 58.2 Å². The van der Waals surface area contributed by atoms with Gasteiger partial charge in [-0.3, -0.25) is 0 Å². The van der Waals surface area contributed by atoms with Crippen LogP contribution in [-0.2, 0) is 6.54 Å². The molecule has 0 bridgehead atoms. The second-order valence-corrected chi connectivity index (χ2v) is 5.20. The van der Waals surface area contributed by atoms with Crippen LogP contribution in [0.4, 0.5) is 0 Å². The van der Waals surface area contributed by atoms with Crippen molar-refractivity contribution in [2.45, 2.75) is 20.4 Å². The first kappa shape index (κ1) is 14.5. The predicted molar refractivity (Wildman–Crippen MR) is 84.5 cm³/mol. The van der Waals surface area contributed by atoms with Crippen LogP contribution in [0.2, 0.25) is 0 Å².